The molecule has 0 bridgehead atoms. The summed E-state index contributed by atoms with van der Waals surface area (Å²) < 4.78 is 52.6. The molecule has 20 heavy (non-hydrogen) atoms. The number of hydrogen-bond acceptors (Lipinski definition) is 2. The number of sulfonamides is 1. The molecule has 0 unspecified atom stereocenters. The summed E-state index contributed by atoms with van der Waals surface area (Å²) in [6.45, 7) is 0. The first-order chi connectivity index (χ1) is 9.49. The van der Waals surface area contributed by atoms with Crippen LogP contribution in [-0.4, -0.2) is 14.2 Å². The molecule has 1 heterocycles. The Labute approximate surface area is 115 Å². The number of halogens is 2. The summed E-state index contributed by atoms with van der Waals surface area (Å²) in [5.74, 6) is -1.23. The second kappa shape index (κ2) is 4.56. The first-order valence-corrected chi connectivity index (χ1v) is 7.66. The second-order valence-electron chi connectivity index (χ2n) is 4.55. The summed E-state index contributed by atoms with van der Waals surface area (Å²) in [6.07, 6.45) is 0.223. The monoisotopic (exact) mass is 295 g/mol. The first-order valence-electron chi connectivity index (χ1n) is 6.05. The number of rotatable bonds is 1. The molecule has 0 aliphatic carbocycles. The summed E-state index contributed by atoms with van der Waals surface area (Å²) >= 11 is 0. The van der Waals surface area contributed by atoms with Gasteiger partial charge in [0.2, 0.25) is 10.0 Å². The van der Waals surface area contributed by atoms with Crippen molar-refractivity contribution >= 4 is 21.4 Å². The quantitative estimate of drug-likeness (QED) is 0.811. The number of aryl methyl sites for hydroxylation is 1. The molecule has 0 saturated heterocycles. The highest BCUT2D eigenvalue weighted by atomic mass is 32.2. The number of benzene rings is 2. The largest absolute Gasteiger partial charge is 0.239 e. The van der Waals surface area contributed by atoms with Crippen molar-refractivity contribution in [2.45, 2.75) is 6.42 Å². The molecular formula is C14H11F2NO2S. The fourth-order valence-electron chi connectivity index (χ4n) is 2.33. The van der Waals surface area contributed by atoms with E-state index < -0.39 is 21.7 Å². The van der Waals surface area contributed by atoms with Gasteiger partial charge in [0.1, 0.15) is 11.6 Å². The average molecular weight is 295 g/mol. The summed E-state index contributed by atoms with van der Waals surface area (Å²) in [6, 6.07) is 9.47. The number of para-hydroxylation sites is 1. The summed E-state index contributed by atoms with van der Waals surface area (Å²) in [4.78, 5) is 0. The molecule has 0 spiro atoms. The van der Waals surface area contributed by atoms with Gasteiger partial charge in [0, 0.05) is 0 Å². The third-order valence-corrected chi connectivity index (χ3v) is 4.91. The maximum atomic E-state index is 13.9. The van der Waals surface area contributed by atoms with Crippen LogP contribution >= 0.6 is 0 Å². The highest BCUT2D eigenvalue weighted by Gasteiger charge is 2.32. The number of fused-ring (bicyclic) bond motifs is 1. The Bertz CT molecular complexity index is 774. The third kappa shape index (κ3) is 2.06. The molecule has 1 aliphatic heterocycles. The zero-order valence-electron chi connectivity index (χ0n) is 10.4. The van der Waals surface area contributed by atoms with E-state index in [1.165, 1.54) is 36.4 Å². The van der Waals surface area contributed by atoms with Gasteiger partial charge in [0.05, 0.1) is 17.1 Å². The minimum absolute atomic E-state index is 0.0416. The van der Waals surface area contributed by atoms with Crippen LogP contribution in [0.15, 0.2) is 42.5 Å². The van der Waals surface area contributed by atoms with Crippen molar-refractivity contribution in [2.24, 2.45) is 0 Å². The van der Waals surface area contributed by atoms with Gasteiger partial charge in [-0.15, -0.1) is 0 Å². The Hall–Kier alpha value is -1.95. The lowest BCUT2D eigenvalue weighted by Crippen LogP contribution is -2.34. The fourth-order valence-corrected chi connectivity index (χ4v) is 3.91. The van der Waals surface area contributed by atoms with Crippen LogP contribution in [0.2, 0.25) is 0 Å². The summed E-state index contributed by atoms with van der Waals surface area (Å²) in [7, 11) is -3.65. The van der Waals surface area contributed by atoms with Gasteiger partial charge in [0.15, 0.2) is 0 Å². The second-order valence-corrected chi connectivity index (χ2v) is 6.49. The van der Waals surface area contributed by atoms with Gasteiger partial charge in [-0.2, -0.15) is 0 Å². The highest BCUT2D eigenvalue weighted by Crippen LogP contribution is 2.37. The van der Waals surface area contributed by atoms with Crippen LogP contribution in [0.25, 0.3) is 0 Å². The van der Waals surface area contributed by atoms with Crippen molar-refractivity contribution in [1.82, 2.24) is 0 Å². The van der Waals surface area contributed by atoms with E-state index in [0.29, 0.717) is 11.3 Å². The van der Waals surface area contributed by atoms with E-state index in [1.807, 2.05) is 0 Å². The molecule has 0 aromatic heterocycles. The van der Waals surface area contributed by atoms with Crippen LogP contribution in [0.3, 0.4) is 0 Å². The van der Waals surface area contributed by atoms with Gasteiger partial charge in [0.25, 0.3) is 0 Å². The number of anilines is 2. The molecule has 104 valence electrons. The Morgan fingerprint density at radius 3 is 2.50 bits per heavy atom. The van der Waals surface area contributed by atoms with E-state index in [-0.39, 0.29) is 17.9 Å². The molecule has 3 nitrogen and oxygen atoms in total. The van der Waals surface area contributed by atoms with Crippen LogP contribution in [0, 0.1) is 11.6 Å². The van der Waals surface area contributed by atoms with E-state index >= 15 is 0 Å². The lowest BCUT2D eigenvalue weighted by Gasteiger charge is -2.30. The third-order valence-electron chi connectivity index (χ3n) is 3.24. The number of nitrogens with zero attached hydrogens (tertiary/aromatic N) is 1. The first kappa shape index (κ1) is 13.1. The van der Waals surface area contributed by atoms with Crippen molar-refractivity contribution in [1.29, 1.82) is 0 Å². The predicted molar refractivity (Wildman–Crippen MR) is 72.4 cm³/mol. The minimum atomic E-state index is -3.65. The van der Waals surface area contributed by atoms with Gasteiger partial charge in [-0.25, -0.2) is 21.5 Å². The van der Waals surface area contributed by atoms with E-state index in [4.69, 9.17) is 0 Å². The molecule has 2 aromatic rings. The molecular weight excluding hydrogens is 284 g/mol. The lowest BCUT2D eigenvalue weighted by atomic mass is 10.1. The predicted octanol–water partition coefficient (Wildman–Crippen LogP) is 2.99. The Balaban J connectivity index is 2.25. The summed E-state index contributed by atoms with van der Waals surface area (Å²) in [5.41, 5.74) is 0.825. The van der Waals surface area contributed by atoms with Crippen molar-refractivity contribution in [2.75, 3.05) is 10.1 Å². The molecule has 6 heteroatoms. The van der Waals surface area contributed by atoms with Gasteiger partial charge in [-0.05, 0) is 42.3 Å². The smallest absolute Gasteiger partial charge is 0.235 e. The fraction of sp³-hybridized carbons (Fsp3) is 0.143. The van der Waals surface area contributed by atoms with Crippen LogP contribution in [0.1, 0.15) is 5.56 Å². The molecule has 0 amide bonds. The minimum Gasteiger partial charge on any atom is -0.235 e. The molecule has 1 aliphatic rings. The zero-order chi connectivity index (χ0) is 14.3. The molecule has 0 atom stereocenters. The van der Waals surface area contributed by atoms with Crippen molar-refractivity contribution < 1.29 is 17.2 Å². The van der Waals surface area contributed by atoms with Crippen LogP contribution in [0.5, 0.6) is 0 Å². The Morgan fingerprint density at radius 2 is 1.75 bits per heavy atom. The topological polar surface area (TPSA) is 37.4 Å². The molecule has 0 N–H and O–H groups in total. The zero-order valence-corrected chi connectivity index (χ0v) is 11.2. The normalized spacial score (nSPS) is 16.8. The lowest BCUT2D eigenvalue weighted by molar-refractivity contribution is 0.587. The van der Waals surface area contributed by atoms with Crippen LogP contribution in [0.4, 0.5) is 20.2 Å². The van der Waals surface area contributed by atoms with E-state index in [0.717, 1.165) is 4.31 Å². The van der Waals surface area contributed by atoms with Crippen molar-refractivity contribution in [3.63, 3.8) is 0 Å². The van der Waals surface area contributed by atoms with Crippen LogP contribution in [-0.2, 0) is 16.4 Å². The van der Waals surface area contributed by atoms with Crippen molar-refractivity contribution in [3.05, 3.63) is 59.7 Å². The van der Waals surface area contributed by atoms with Crippen molar-refractivity contribution in [3.8, 4) is 0 Å². The van der Waals surface area contributed by atoms with E-state index in [1.54, 1.807) is 6.07 Å². The molecule has 3 rings (SSSR count). The van der Waals surface area contributed by atoms with Crippen LogP contribution < -0.4 is 4.31 Å². The van der Waals surface area contributed by atoms with Gasteiger partial charge in [-0.3, -0.25) is 0 Å². The van der Waals surface area contributed by atoms with Gasteiger partial charge < -0.3 is 0 Å². The standard InChI is InChI=1S/C14H11F2NO2S/c15-11-5-6-13-10(9-11)7-8-20(18,19)17(13)14-4-2-1-3-12(14)16/h1-6,9H,7-8H2. The van der Waals surface area contributed by atoms with Gasteiger partial charge in [-0.1, -0.05) is 12.1 Å². The molecule has 0 saturated carbocycles. The Kier molecular flexibility index (Phi) is 2.97. The Morgan fingerprint density at radius 1 is 1.00 bits per heavy atom. The SMILES string of the molecule is O=S1(=O)CCc2cc(F)ccc2N1c1ccccc1F. The average Bonchev–Trinajstić information content (AvgIpc) is 2.40. The molecule has 2 aromatic carbocycles. The molecule has 0 fully saturated rings. The maximum absolute atomic E-state index is 13.9. The van der Waals surface area contributed by atoms with Gasteiger partial charge >= 0.3 is 0 Å². The number of hydrogen-bond donors (Lipinski definition) is 0. The van der Waals surface area contributed by atoms with E-state index in [2.05, 4.69) is 0 Å². The molecule has 0 radical (unpaired) electrons. The maximum Gasteiger partial charge on any atom is 0.239 e. The highest BCUT2D eigenvalue weighted by molar-refractivity contribution is 7.93. The van der Waals surface area contributed by atoms with E-state index in [9.17, 15) is 17.2 Å². The summed E-state index contributed by atoms with van der Waals surface area (Å²) in [5, 5.41) is 0.